The Morgan fingerprint density at radius 2 is 1.30 bits per heavy atom. The van der Waals surface area contributed by atoms with Crippen LogP contribution in [0.1, 0.15) is 11.1 Å². The molecule has 2 heterocycles. The van der Waals surface area contributed by atoms with Crippen LogP contribution in [0, 0.1) is 40.9 Å². The maximum atomic E-state index is 14.8. The molecule has 0 spiro atoms. The molecule has 3 nitrogen and oxygen atoms in total. The molecule has 1 aliphatic heterocycles. The zero-order valence-electron chi connectivity index (χ0n) is 24.7. The summed E-state index contributed by atoms with van der Waals surface area (Å²) >= 11 is -2.31. The van der Waals surface area contributed by atoms with Crippen LogP contribution >= 0.6 is 19.8 Å². The summed E-state index contributed by atoms with van der Waals surface area (Å²) in [5, 5.41) is 0. The van der Waals surface area contributed by atoms with Crippen LogP contribution in [-0.2, 0) is 0 Å². The average Bonchev–Trinajstić information content (AvgIpc) is 3.69. The van der Waals surface area contributed by atoms with Crippen molar-refractivity contribution in [2.45, 2.75) is 6.92 Å². The van der Waals surface area contributed by atoms with Crippen molar-refractivity contribution in [3.8, 4) is 33.7 Å². The SMILES string of the molecule is Cc1c(F)c(F)c(-c2ccc(I3c4ccc(C=Nc5ccccc5)cc4-c4cc(-c5nc6ccccc6o5)ccc43)cc2)c(F)c1F. The Morgan fingerprint density at radius 3 is 2.02 bits per heavy atom. The first kappa shape index (κ1) is 29.3. The van der Waals surface area contributed by atoms with E-state index >= 15 is 0 Å². The van der Waals surface area contributed by atoms with Gasteiger partial charge in [0, 0.05) is 0 Å². The number of fused-ring (bicyclic) bond motifs is 4. The summed E-state index contributed by atoms with van der Waals surface area (Å²) in [4.78, 5) is 9.35. The quantitative estimate of drug-likeness (QED) is 0.0763. The first-order valence-electron chi connectivity index (χ1n) is 14.7. The number of aliphatic imine (C=N–C) groups is 1. The van der Waals surface area contributed by atoms with Crippen molar-refractivity contribution < 1.29 is 22.0 Å². The third-order valence-electron chi connectivity index (χ3n) is 8.15. The number of oxazole rings is 1. The van der Waals surface area contributed by atoms with Crippen LogP contribution < -0.4 is 0 Å². The fourth-order valence-electron chi connectivity index (χ4n) is 5.76. The molecule has 0 radical (unpaired) electrons. The number of hydrogen-bond acceptors (Lipinski definition) is 3. The van der Waals surface area contributed by atoms with E-state index in [1.165, 1.54) is 19.3 Å². The van der Waals surface area contributed by atoms with Crippen molar-refractivity contribution in [1.82, 2.24) is 4.98 Å². The molecule has 6 aromatic carbocycles. The zero-order valence-corrected chi connectivity index (χ0v) is 26.9. The van der Waals surface area contributed by atoms with E-state index in [4.69, 9.17) is 9.40 Å². The van der Waals surface area contributed by atoms with Gasteiger partial charge in [0.05, 0.1) is 0 Å². The van der Waals surface area contributed by atoms with Crippen molar-refractivity contribution in [2.75, 3.05) is 0 Å². The van der Waals surface area contributed by atoms with Crippen molar-refractivity contribution in [2.24, 2.45) is 4.99 Å². The molecule has 1 aliphatic rings. The van der Waals surface area contributed by atoms with Crippen molar-refractivity contribution >= 4 is 42.8 Å². The molecule has 0 N–H and O–H groups in total. The summed E-state index contributed by atoms with van der Waals surface area (Å²) in [5.74, 6) is -5.06. The van der Waals surface area contributed by atoms with Gasteiger partial charge in [0.2, 0.25) is 0 Å². The molecule has 230 valence electrons. The summed E-state index contributed by atoms with van der Waals surface area (Å²) in [7, 11) is 0. The van der Waals surface area contributed by atoms with E-state index in [1.54, 1.807) is 0 Å². The molecule has 1 aromatic heterocycles. The van der Waals surface area contributed by atoms with Gasteiger partial charge in [-0.3, -0.25) is 0 Å². The van der Waals surface area contributed by atoms with Crippen LogP contribution in [0.4, 0.5) is 23.2 Å². The second kappa shape index (κ2) is 11.6. The molecule has 0 amide bonds. The van der Waals surface area contributed by atoms with Gasteiger partial charge in [-0.1, -0.05) is 0 Å². The van der Waals surface area contributed by atoms with E-state index in [9.17, 15) is 17.6 Å². The summed E-state index contributed by atoms with van der Waals surface area (Å²) < 4.78 is 67.9. The number of benzene rings is 6. The zero-order chi connectivity index (χ0) is 32.2. The fourth-order valence-corrected chi connectivity index (χ4v) is 11.9. The molecule has 0 bridgehead atoms. The molecule has 0 aliphatic carbocycles. The topological polar surface area (TPSA) is 38.4 Å². The van der Waals surface area contributed by atoms with Crippen LogP contribution in [0.2, 0.25) is 0 Å². The van der Waals surface area contributed by atoms with Crippen molar-refractivity contribution in [1.29, 1.82) is 0 Å². The molecular formula is C39H23F4IN2O. The molecule has 0 saturated heterocycles. The Balaban J connectivity index is 1.24. The predicted octanol–water partition coefficient (Wildman–Crippen LogP) is 11.2. The molecule has 0 atom stereocenters. The van der Waals surface area contributed by atoms with E-state index in [-0.39, 0.29) is 5.56 Å². The maximum absolute atomic E-state index is 14.8. The standard InChI is InChI=1S/C39H23F4IN2O/c1-22-35(40)37(42)34(38(43)36(22)41)24-12-15-26(16-13-24)44-30-17-11-23(21-45-27-7-3-2-4-8-27)19-28(30)29-20-25(14-18-31(29)44)39-46-32-9-5-6-10-33(32)47-39/h2-21H,1H3. The Kier molecular flexibility index (Phi) is 7.24. The van der Waals surface area contributed by atoms with Crippen molar-refractivity contribution in [3.05, 3.63) is 160 Å². The summed E-state index contributed by atoms with van der Waals surface area (Å²) in [6.45, 7) is 1.01. The minimum absolute atomic E-state index is 0.0656. The molecule has 47 heavy (non-hydrogen) atoms. The van der Waals surface area contributed by atoms with Gasteiger partial charge in [0.25, 0.3) is 0 Å². The molecule has 0 unspecified atom stereocenters. The van der Waals surface area contributed by atoms with Gasteiger partial charge in [-0.05, 0) is 0 Å². The molecule has 8 rings (SSSR count). The van der Waals surface area contributed by atoms with Gasteiger partial charge in [0.1, 0.15) is 0 Å². The number of halogens is 5. The minimum atomic E-state index is -2.31. The molecule has 0 fully saturated rings. The number of nitrogens with zero attached hydrogens (tertiary/aromatic N) is 2. The summed E-state index contributed by atoms with van der Waals surface area (Å²) in [6.07, 6.45) is 1.84. The number of hydrogen-bond donors (Lipinski definition) is 0. The molecule has 8 heteroatoms. The second-order valence-electron chi connectivity index (χ2n) is 11.1. The Morgan fingerprint density at radius 1 is 0.660 bits per heavy atom. The third kappa shape index (κ3) is 5.04. The normalized spacial score (nSPS) is 13.0. The fraction of sp³-hybridized carbons (Fsp3) is 0.0256. The summed E-state index contributed by atoms with van der Waals surface area (Å²) in [5.41, 5.74) is 4.92. The molecular weight excluding hydrogens is 715 g/mol. The first-order chi connectivity index (χ1) is 22.9. The van der Waals surface area contributed by atoms with E-state index < -0.39 is 54.2 Å². The van der Waals surface area contributed by atoms with Gasteiger partial charge in [-0.15, -0.1) is 0 Å². The number of aromatic nitrogens is 1. The second-order valence-corrected chi connectivity index (χ2v) is 16.2. The summed E-state index contributed by atoms with van der Waals surface area (Å²) in [6, 6.07) is 36.6. The predicted molar refractivity (Wildman–Crippen MR) is 185 cm³/mol. The van der Waals surface area contributed by atoms with Crippen LogP contribution in [0.5, 0.6) is 0 Å². The van der Waals surface area contributed by atoms with Crippen LogP contribution in [-0.4, -0.2) is 11.2 Å². The third-order valence-corrected chi connectivity index (χ3v) is 14.3. The molecule has 0 saturated carbocycles. The van der Waals surface area contributed by atoms with Crippen LogP contribution in [0.25, 0.3) is 44.8 Å². The van der Waals surface area contributed by atoms with E-state index in [0.717, 1.165) is 44.0 Å². The monoisotopic (exact) mass is 738 g/mol. The number of para-hydroxylation sites is 3. The van der Waals surface area contributed by atoms with Crippen LogP contribution in [0.3, 0.4) is 0 Å². The Labute approximate surface area is 274 Å². The van der Waals surface area contributed by atoms with Gasteiger partial charge < -0.3 is 0 Å². The average molecular weight is 739 g/mol. The van der Waals surface area contributed by atoms with E-state index in [1.807, 2.05) is 85.1 Å². The van der Waals surface area contributed by atoms with E-state index in [0.29, 0.717) is 11.5 Å². The van der Waals surface area contributed by atoms with E-state index in [2.05, 4.69) is 29.3 Å². The van der Waals surface area contributed by atoms with Gasteiger partial charge >= 0.3 is 276 Å². The van der Waals surface area contributed by atoms with Crippen molar-refractivity contribution in [3.63, 3.8) is 0 Å². The van der Waals surface area contributed by atoms with Crippen LogP contribution in [0.15, 0.2) is 125 Å². The number of rotatable bonds is 5. The Hall–Kier alpha value is -5.09. The van der Waals surface area contributed by atoms with Gasteiger partial charge in [-0.2, -0.15) is 0 Å². The Bertz CT molecular complexity index is 2310. The first-order valence-corrected chi connectivity index (χ1v) is 18.0. The molecule has 7 aromatic rings. The van der Waals surface area contributed by atoms with Gasteiger partial charge in [-0.25, -0.2) is 0 Å². The van der Waals surface area contributed by atoms with Gasteiger partial charge in [0.15, 0.2) is 0 Å².